The summed E-state index contributed by atoms with van der Waals surface area (Å²) in [5.74, 6) is 0.302. The van der Waals surface area contributed by atoms with Crippen molar-refractivity contribution >= 4 is 5.91 Å². The third-order valence-electron chi connectivity index (χ3n) is 5.40. The lowest BCUT2D eigenvalue weighted by molar-refractivity contribution is -0.122. The zero-order chi connectivity index (χ0) is 19.6. The summed E-state index contributed by atoms with van der Waals surface area (Å²) in [6.45, 7) is 7.35. The van der Waals surface area contributed by atoms with Crippen LogP contribution in [0.1, 0.15) is 64.4 Å². The summed E-state index contributed by atoms with van der Waals surface area (Å²) in [6, 6.07) is 4.93. The Morgan fingerprint density at radius 2 is 1.93 bits per heavy atom. The fourth-order valence-corrected chi connectivity index (χ4v) is 3.87. The van der Waals surface area contributed by atoms with Crippen molar-refractivity contribution in [1.29, 1.82) is 0 Å². The van der Waals surface area contributed by atoms with E-state index in [1.807, 2.05) is 6.07 Å². The van der Waals surface area contributed by atoms with E-state index in [9.17, 15) is 15.0 Å². The molecule has 5 heteroatoms. The summed E-state index contributed by atoms with van der Waals surface area (Å²) >= 11 is 0. The SMILES string of the molecule is CCCCCC(C)CC(=O)N[C@@H](Cc1ccc(O)c(O)c1)CN1CCCC1. The van der Waals surface area contributed by atoms with E-state index in [1.165, 1.54) is 38.2 Å². The molecule has 1 aliphatic heterocycles. The number of carbonyl (C=O) groups is 1. The third kappa shape index (κ3) is 7.79. The minimum atomic E-state index is -0.111. The van der Waals surface area contributed by atoms with Gasteiger partial charge in [-0.3, -0.25) is 4.79 Å². The molecule has 0 radical (unpaired) electrons. The molecule has 1 fully saturated rings. The number of nitrogens with zero attached hydrogens (tertiary/aromatic N) is 1. The monoisotopic (exact) mass is 376 g/mol. The van der Waals surface area contributed by atoms with E-state index < -0.39 is 0 Å². The van der Waals surface area contributed by atoms with E-state index in [4.69, 9.17) is 0 Å². The summed E-state index contributed by atoms with van der Waals surface area (Å²) in [5.41, 5.74) is 0.922. The second kappa shape index (κ2) is 11.2. The largest absolute Gasteiger partial charge is 0.504 e. The summed E-state index contributed by atoms with van der Waals surface area (Å²) in [6.07, 6.45) is 8.38. The smallest absolute Gasteiger partial charge is 0.220 e. The number of benzene rings is 1. The number of hydrogen-bond donors (Lipinski definition) is 3. The Labute approximate surface area is 163 Å². The van der Waals surface area contributed by atoms with E-state index in [2.05, 4.69) is 24.1 Å². The molecule has 0 aliphatic carbocycles. The Kier molecular flexibility index (Phi) is 8.92. The zero-order valence-electron chi connectivity index (χ0n) is 16.9. The molecular weight excluding hydrogens is 340 g/mol. The highest BCUT2D eigenvalue weighted by molar-refractivity contribution is 5.76. The summed E-state index contributed by atoms with van der Waals surface area (Å²) in [4.78, 5) is 15.0. The van der Waals surface area contributed by atoms with Gasteiger partial charge in [0, 0.05) is 19.0 Å². The molecule has 1 aromatic rings. The van der Waals surface area contributed by atoms with Gasteiger partial charge in [0.15, 0.2) is 11.5 Å². The molecule has 1 aliphatic rings. The fourth-order valence-electron chi connectivity index (χ4n) is 3.87. The van der Waals surface area contributed by atoms with Gasteiger partial charge in [0.2, 0.25) is 5.91 Å². The zero-order valence-corrected chi connectivity index (χ0v) is 16.9. The molecule has 5 nitrogen and oxygen atoms in total. The molecule has 1 unspecified atom stereocenters. The number of rotatable bonds is 11. The number of phenols is 2. The van der Waals surface area contributed by atoms with Gasteiger partial charge in [-0.15, -0.1) is 0 Å². The van der Waals surface area contributed by atoms with Crippen molar-refractivity contribution in [2.24, 2.45) is 5.92 Å². The van der Waals surface area contributed by atoms with Gasteiger partial charge in [-0.05, 0) is 56.0 Å². The first-order valence-corrected chi connectivity index (χ1v) is 10.5. The molecule has 0 spiro atoms. The molecule has 1 aromatic carbocycles. The standard InChI is InChI=1S/C22H36N2O3/c1-3-4-5-8-17(2)13-22(27)23-19(16-24-11-6-7-12-24)14-18-9-10-20(25)21(26)15-18/h9-10,15,17,19,25-26H,3-8,11-14,16H2,1-2H3,(H,23,27)/t17?,19-/m0/s1. The first-order chi connectivity index (χ1) is 13.0. The molecule has 1 saturated heterocycles. The van der Waals surface area contributed by atoms with Gasteiger partial charge >= 0.3 is 0 Å². The van der Waals surface area contributed by atoms with Crippen molar-refractivity contribution in [3.63, 3.8) is 0 Å². The van der Waals surface area contributed by atoms with E-state index in [1.54, 1.807) is 6.07 Å². The van der Waals surface area contributed by atoms with E-state index in [-0.39, 0.29) is 23.4 Å². The van der Waals surface area contributed by atoms with Crippen molar-refractivity contribution in [2.45, 2.75) is 71.3 Å². The molecule has 0 bridgehead atoms. The van der Waals surface area contributed by atoms with E-state index in [0.717, 1.165) is 31.6 Å². The van der Waals surface area contributed by atoms with Crippen molar-refractivity contribution < 1.29 is 15.0 Å². The van der Waals surface area contributed by atoms with Crippen LogP contribution in [0, 0.1) is 5.92 Å². The van der Waals surface area contributed by atoms with Gasteiger partial charge in [0.1, 0.15) is 0 Å². The van der Waals surface area contributed by atoms with E-state index >= 15 is 0 Å². The van der Waals surface area contributed by atoms with Crippen molar-refractivity contribution in [1.82, 2.24) is 10.2 Å². The van der Waals surface area contributed by atoms with Gasteiger partial charge in [0.05, 0.1) is 0 Å². The Morgan fingerprint density at radius 3 is 2.59 bits per heavy atom. The summed E-state index contributed by atoms with van der Waals surface area (Å²) < 4.78 is 0. The third-order valence-corrected chi connectivity index (χ3v) is 5.40. The number of hydrogen-bond acceptors (Lipinski definition) is 4. The highest BCUT2D eigenvalue weighted by Gasteiger charge is 2.21. The summed E-state index contributed by atoms with van der Waals surface area (Å²) in [5, 5.41) is 22.5. The lowest BCUT2D eigenvalue weighted by Crippen LogP contribution is -2.44. The summed E-state index contributed by atoms with van der Waals surface area (Å²) in [7, 11) is 0. The van der Waals surface area contributed by atoms with Crippen LogP contribution in [0.4, 0.5) is 0 Å². The van der Waals surface area contributed by atoms with Crippen LogP contribution in [0.25, 0.3) is 0 Å². The van der Waals surface area contributed by atoms with Gasteiger partial charge < -0.3 is 20.4 Å². The molecule has 27 heavy (non-hydrogen) atoms. The maximum Gasteiger partial charge on any atom is 0.220 e. The number of aromatic hydroxyl groups is 2. The highest BCUT2D eigenvalue weighted by atomic mass is 16.3. The second-order valence-corrected chi connectivity index (χ2v) is 8.10. The van der Waals surface area contributed by atoms with Crippen LogP contribution in [-0.4, -0.2) is 46.7 Å². The lowest BCUT2D eigenvalue weighted by Gasteiger charge is -2.25. The predicted octanol–water partition coefficient (Wildman–Crippen LogP) is 3.83. The number of likely N-dealkylation sites (tertiary alicyclic amines) is 1. The van der Waals surface area contributed by atoms with Crippen LogP contribution in [0.15, 0.2) is 18.2 Å². The van der Waals surface area contributed by atoms with Crippen molar-refractivity contribution in [2.75, 3.05) is 19.6 Å². The van der Waals surface area contributed by atoms with Gasteiger partial charge in [-0.1, -0.05) is 45.6 Å². The maximum atomic E-state index is 12.6. The van der Waals surface area contributed by atoms with Gasteiger partial charge in [-0.2, -0.15) is 0 Å². The maximum absolute atomic E-state index is 12.6. The molecular formula is C22H36N2O3. The molecule has 3 N–H and O–H groups in total. The van der Waals surface area contributed by atoms with Gasteiger partial charge in [-0.25, -0.2) is 0 Å². The molecule has 1 heterocycles. The van der Waals surface area contributed by atoms with Crippen LogP contribution in [0.2, 0.25) is 0 Å². The number of unbranched alkanes of at least 4 members (excludes halogenated alkanes) is 2. The Hall–Kier alpha value is -1.75. The Bertz CT molecular complexity index is 585. The molecule has 1 amide bonds. The first kappa shape index (κ1) is 21.5. The van der Waals surface area contributed by atoms with Crippen molar-refractivity contribution in [3.05, 3.63) is 23.8 Å². The molecule has 2 atom stereocenters. The minimum absolute atomic E-state index is 0.0161. The van der Waals surface area contributed by atoms with Crippen LogP contribution in [-0.2, 0) is 11.2 Å². The minimum Gasteiger partial charge on any atom is -0.504 e. The Balaban J connectivity index is 1.92. The molecule has 152 valence electrons. The predicted molar refractivity (Wildman–Crippen MR) is 109 cm³/mol. The molecule has 2 rings (SSSR count). The average Bonchev–Trinajstić information content (AvgIpc) is 3.11. The molecule has 0 saturated carbocycles. The average molecular weight is 377 g/mol. The Morgan fingerprint density at radius 1 is 1.19 bits per heavy atom. The van der Waals surface area contributed by atoms with E-state index in [0.29, 0.717) is 18.8 Å². The fraction of sp³-hybridized carbons (Fsp3) is 0.682. The second-order valence-electron chi connectivity index (χ2n) is 8.10. The van der Waals surface area contributed by atoms with Crippen LogP contribution in [0.5, 0.6) is 11.5 Å². The lowest BCUT2D eigenvalue weighted by atomic mass is 9.99. The first-order valence-electron chi connectivity index (χ1n) is 10.5. The quantitative estimate of drug-likeness (QED) is 0.405. The number of carbonyl (C=O) groups excluding carboxylic acids is 1. The topological polar surface area (TPSA) is 72.8 Å². The molecule has 0 aromatic heterocycles. The van der Waals surface area contributed by atoms with Crippen LogP contribution in [0.3, 0.4) is 0 Å². The number of nitrogens with one attached hydrogen (secondary N) is 1. The number of phenolic OH excluding ortho intramolecular Hbond substituents is 2. The van der Waals surface area contributed by atoms with Crippen molar-refractivity contribution in [3.8, 4) is 11.5 Å². The normalized spacial score (nSPS) is 17.0. The van der Waals surface area contributed by atoms with Crippen LogP contribution < -0.4 is 5.32 Å². The number of amides is 1. The highest BCUT2D eigenvalue weighted by Crippen LogP contribution is 2.25. The van der Waals surface area contributed by atoms with Gasteiger partial charge in [0.25, 0.3) is 0 Å². The van der Waals surface area contributed by atoms with Crippen LogP contribution >= 0.6 is 0 Å².